The predicted molar refractivity (Wildman–Crippen MR) is 62.8 cm³/mol. The summed E-state index contributed by atoms with van der Waals surface area (Å²) in [5, 5.41) is 12.4. The first-order valence-corrected chi connectivity index (χ1v) is 6.74. The zero-order valence-electron chi connectivity index (χ0n) is 9.75. The minimum Gasteiger partial charge on any atom is -0.396 e. The van der Waals surface area contributed by atoms with Crippen LogP contribution in [0.2, 0.25) is 0 Å². The van der Waals surface area contributed by atoms with Gasteiger partial charge in [0, 0.05) is 12.6 Å². The van der Waals surface area contributed by atoms with Crippen LogP contribution in [-0.4, -0.2) is 24.3 Å². The topological polar surface area (TPSA) is 32.3 Å². The lowest BCUT2D eigenvalue weighted by atomic mass is 9.83. The van der Waals surface area contributed by atoms with Crippen LogP contribution in [-0.2, 0) is 0 Å². The van der Waals surface area contributed by atoms with Gasteiger partial charge in [0.05, 0.1) is 0 Å². The minimum absolute atomic E-state index is 0.344. The zero-order valence-corrected chi connectivity index (χ0v) is 9.75. The van der Waals surface area contributed by atoms with Crippen LogP contribution in [0.1, 0.15) is 51.4 Å². The van der Waals surface area contributed by atoms with Crippen LogP contribution in [0.3, 0.4) is 0 Å². The number of hydrogen-bond donors (Lipinski definition) is 2. The number of nitrogens with one attached hydrogen (secondary N) is 1. The summed E-state index contributed by atoms with van der Waals surface area (Å²) in [7, 11) is 0. The number of rotatable bonds is 6. The molecule has 0 aliphatic heterocycles. The van der Waals surface area contributed by atoms with Gasteiger partial charge in [-0.05, 0) is 56.9 Å². The van der Waals surface area contributed by atoms with E-state index in [2.05, 4.69) is 5.32 Å². The molecule has 15 heavy (non-hydrogen) atoms. The fraction of sp³-hybridized carbons (Fsp3) is 1.00. The van der Waals surface area contributed by atoms with E-state index in [1.54, 1.807) is 0 Å². The smallest absolute Gasteiger partial charge is 0.0431 e. The third-order valence-corrected chi connectivity index (χ3v) is 4.02. The van der Waals surface area contributed by atoms with Crippen molar-refractivity contribution in [2.45, 2.75) is 57.4 Å². The molecule has 2 rings (SSSR count). The third kappa shape index (κ3) is 3.76. The Bertz CT molecular complexity index is 179. The van der Waals surface area contributed by atoms with Crippen molar-refractivity contribution >= 4 is 0 Å². The van der Waals surface area contributed by atoms with E-state index in [1.807, 2.05) is 0 Å². The molecule has 0 amide bonds. The monoisotopic (exact) mass is 211 g/mol. The van der Waals surface area contributed by atoms with Crippen molar-refractivity contribution < 1.29 is 5.11 Å². The average molecular weight is 211 g/mol. The van der Waals surface area contributed by atoms with E-state index >= 15 is 0 Å². The SMILES string of the molecule is OCCCCNC1CCCC(C2CC2)C1. The first-order valence-electron chi connectivity index (χ1n) is 6.74. The van der Waals surface area contributed by atoms with Crippen LogP contribution in [0.25, 0.3) is 0 Å². The molecule has 0 aromatic rings. The van der Waals surface area contributed by atoms with Gasteiger partial charge in [0.15, 0.2) is 0 Å². The van der Waals surface area contributed by atoms with Gasteiger partial charge in [-0.2, -0.15) is 0 Å². The molecule has 2 nitrogen and oxygen atoms in total. The molecule has 2 fully saturated rings. The third-order valence-electron chi connectivity index (χ3n) is 4.02. The Morgan fingerprint density at radius 3 is 2.60 bits per heavy atom. The van der Waals surface area contributed by atoms with Gasteiger partial charge in [-0.15, -0.1) is 0 Å². The van der Waals surface area contributed by atoms with Gasteiger partial charge in [0.2, 0.25) is 0 Å². The molecule has 2 saturated carbocycles. The Morgan fingerprint density at radius 1 is 1.00 bits per heavy atom. The van der Waals surface area contributed by atoms with Crippen molar-refractivity contribution in [3.8, 4) is 0 Å². The van der Waals surface area contributed by atoms with Crippen molar-refractivity contribution in [1.82, 2.24) is 5.32 Å². The van der Waals surface area contributed by atoms with Gasteiger partial charge in [-0.1, -0.05) is 12.8 Å². The molecule has 2 aliphatic carbocycles. The second-order valence-electron chi connectivity index (χ2n) is 5.35. The summed E-state index contributed by atoms with van der Waals surface area (Å²) in [6.45, 7) is 1.44. The lowest BCUT2D eigenvalue weighted by molar-refractivity contribution is 0.253. The van der Waals surface area contributed by atoms with Gasteiger partial charge in [0.25, 0.3) is 0 Å². The highest BCUT2D eigenvalue weighted by molar-refractivity contribution is 4.87. The minimum atomic E-state index is 0.344. The Balaban J connectivity index is 1.59. The van der Waals surface area contributed by atoms with Crippen molar-refractivity contribution in [2.75, 3.05) is 13.2 Å². The summed E-state index contributed by atoms with van der Waals surface area (Å²) in [6, 6.07) is 0.781. The molecule has 0 bridgehead atoms. The summed E-state index contributed by atoms with van der Waals surface area (Å²) in [5.41, 5.74) is 0. The standard InChI is InChI=1S/C13H25NO/c15-9-2-1-8-14-13-5-3-4-12(10-13)11-6-7-11/h11-15H,1-10H2. The predicted octanol–water partition coefficient (Wildman–Crippen LogP) is 2.32. The Morgan fingerprint density at radius 2 is 1.87 bits per heavy atom. The maximum Gasteiger partial charge on any atom is 0.0431 e. The van der Waals surface area contributed by atoms with Crippen molar-refractivity contribution in [1.29, 1.82) is 0 Å². The molecule has 2 N–H and O–H groups in total. The van der Waals surface area contributed by atoms with Gasteiger partial charge in [-0.25, -0.2) is 0 Å². The number of unbranched alkanes of at least 4 members (excludes halogenated alkanes) is 1. The van der Waals surface area contributed by atoms with E-state index in [9.17, 15) is 0 Å². The summed E-state index contributed by atoms with van der Waals surface area (Å²) in [6.07, 6.45) is 10.8. The highest BCUT2D eigenvalue weighted by Crippen LogP contribution is 2.43. The largest absolute Gasteiger partial charge is 0.396 e. The van der Waals surface area contributed by atoms with Gasteiger partial charge in [0.1, 0.15) is 0 Å². The van der Waals surface area contributed by atoms with Gasteiger partial charge < -0.3 is 10.4 Å². The van der Waals surface area contributed by atoms with Gasteiger partial charge in [-0.3, -0.25) is 0 Å². The molecular formula is C13H25NO. The number of aliphatic hydroxyl groups excluding tert-OH is 1. The fourth-order valence-corrected chi connectivity index (χ4v) is 2.95. The normalized spacial score (nSPS) is 31.8. The molecule has 2 unspecified atom stereocenters. The molecule has 2 atom stereocenters. The molecule has 0 aromatic heterocycles. The number of hydrogen-bond acceptors (Lipinski definition) is 2. The second-order valence-corrected chi connectivity index (χ2v) is 5.35. The lowest BCUT2D eigenvalue weighted by Crippen LogP contribution is -2.35. The van der Waals surface area contributed by atoms with E-state index in [4.69, 9.17) is 5.11 Å². The summed E-state index contributed by atoms with van der Waals surface area (Å²) in [5.74, 6) is 2.13. The molecule has 0 heterocycles. The first kappa shape index (κ1) is 11.4. The number of aliphatic hydroxyl groups is 1. The van der Waals surface area contributed by atoms with Gasteiger partial charge >= 0.3 is 0 Å². The lowest BCUT2D eigenvalue weighted by Gasteiger charge is -2.30. The fourth-order valence-electron chi connectivity index (χ4n) is 2.95. The quantitative estimate of drug-likeness (QED) is 0.661. The molecule has 0 aromatic carbocycles. The van der Waals surface area contributed by atoms with E-state index in [1.165, 1.54) is 38.5 Å². The van der Waals surface area contributed by atoms with E-state index < -0.39 is 0 Å². The summed E-state index contributed by atoms with van der Waals surface area (Å²) >= 11 is 0. The van der Waals surface area contributed by atoms with Crippen LogP contribution >= 0.6 is 0 Å². The average Bonchev–Trinajstić information content (AvgIpc) is 3.09. The zero-order chi connectivity index (χ0) is 10.5. The molecule has 88 valence electrons. The molecule has 0 spiro atoms. The van der Waals surface area contributed by atoms with Crippen LogP contribution in [0, 0.1) is 11.8 Å². The Labute approximate surface area is 93.5 Å². The molecule has 2 heteroatoms. The first-order chi connectivity index (χ1) is 7.40. The van der Waals surface area contributed by atoms with Crippen LogP contribution in [0.4, 0.5) is 0 Å². The van der Waals surface area contributed by atoms with Crippen LogP contribution < -0.4 is 5.32 Å². The van der Waals surface area contributed by atoms with Crippen molar-refractivity contribution in [3.05, 3.63) is 0 Å². The van der Waals surface area contributed by atoms with E-state index in [0.29, 0.717) is 6.61 Å². The maximum atomic E-state index is 8.70. The summed E-state index contributed by atoms with van der Waals surface area (Å²) < 4.78 is 0. The molecule has 0 saturated heterocycles. The molecule has 0 radical (unpaired) electrons. The van der Waals surface area contributed by atoms with Crippen LogP contribution in [0.15, 0.2) is 0 Å². The Hall–Kier alpha value is -0.0800. The highest BCUT2D eigenvalue weighted by atomic mass is 16.2. The highest BCUT2D eigenvalue weighted by Gasteiger charge is 2.34. The van der Waals surface area contributed by atoms with E-state index in [0.717, 1.165) is 37.3 Å². The van der Waals surface area contributed by atoms with Crippen molar-refractivity contribution in [3.63, 3.8) is 0 Å². The molecule has 2 aliphatic rings. The maximum absolute atomic E-state index is 8.70. The molecular weight excluding hydrogens is 186 g/mol. The van der Waals surface area contributed by atoms with Crippen molar-refractivity contribution in [2.24, 2.45) is 11.8 Å². The second kappa shape index (κ2) is 5.86. The summed E-state index contributed by atoms with van der Waals surface area (Å²) in [4.78, 5) is 0. The van der Waals surface area contributed by atoms with Crippen LogP contribution in [0.5, 0.6) is 0 Å². The Kier molecular flexibility index (Phi) is 4.45. The van der Waals surface area contributed by atoms with E-state index in [-0.39, 0.29) is 0 Å².